The average molecular weight is 259 g/mol. The zero-order valence-electron chi connectivity index (χ0n) is 10.5. The first-order valence-electron chi connectivity index (χ1n) is 5.98. The lowest BCUT2D eigenvalue weighted by Crippen LogP contribution is -2.16. The first kappa shape index (κ1) is 13.1. The normalized spacial score (nSPS) is 10.5. The van der Waals surface area contributed by atoms with E-state index in [0.717, 1.165) is 30.2 Å². The van der Waals surface area contributed by atoms with Crippen molar-refractivity contribution >= 4 is 11.8 Å². The van der Waals surface area contributed by atoms with Crippen LogP contribution in [-0.2, 0) is 13.0 Å². The largest absolute Gasteiger partial charge is 0.312 e. The molecule has 18 heavy (non-hydrogen) atoms. The number of nitrogens with zero attached hydrogens (tertiary/aromatic N) is 2. The van der Waals surface area contributed by atoms with Gasteiger partial charge in [-0.1, -0.05) is 42.1 Å². The van der Waals surface area contributed by atoms with Crippen LogP contribution in [0.1, 0.15) is 11.1 Å². The van der Waals surface area contributed by atoms with Gasteiger partial charge in [-0.15, -0.1) is 0 Å². The van der Waals surface area contributed by atoms with Crippen LogP contribution in [-0.4, -0.2) is 22.8 Å². The summed E-state index contributed by atoms with van der Waals surface area (Å²) in [7, 11) is 0. The molecule has 4 heteroatoms. The number of nitrogens with one attached hydrogen (secondary N) is 1. The standard InChI is InChI=1S/C14H17N3S/c1-18-14-16-10-13(11-17-14)9-15-8-7-12-5-3-2-4-6-12/h2-6,10-11,15H,7-9H2,1H3. The minimum atomic E-state index is 0.821. The molecule has 2 aromatic rings. The second-order valence-electron chi connectivity index (χ2n) is 3.99. The molecule has 0 aliphatic heterocycles. The monoisotopic (exact) mass is 259 g/mol. The number of hydrogen-bond donors (Lipinski definition) is 1. The Morgan fingerprint density at radius 3 is 2.44 bits per heavy atom. The predicted molar refractivity (Wildman–Crippen MR) is 75.7 cm³/mol. The summed E-state index contributed by atoms with van der Waals surface area (Å²) in [4.78, 5) is 8.49. The topological polar surface area (TPSA) is 37.8 Å². The van der Waals surface area contributed by atoms with Crippen LogP contribution < -0.4 is 5.32 Å². The number of hydrogen-bond acceptors (Lipinski definition) is 4. The van der Waals surface area contributed by atoms with Crippen molar-refractivity contribution in [3.8, 4) is 0 Å². The van der Waals surface area contributed by atoms with Crippen molar-refractivity contribution in [1.82, 2.24) is 15.3 Å². The van der Waals surface area contributed by atoms with Gasteiger partial charge in [0.2, 0.25) is 0 Å². The Labute approximate surface area is 112 Å². The lowest BCUT2D eigenvalue weighted by molar-refractivity contribution is 0.680. The third-order valence-corrected chi connectivity index (χ3v) is 3.20. The molecule has 0 atom stereocenters. The summed E-state index contributed by atoms with van der Waals surface area (Å²) >= 11 is 1.56. The van der Waals surface area contributed by atoms with Gasteiger partial charge < -0.3 is 5.32 Å². The molecule has 1 aromatic heterocycles. The SMILES string of the molecule is CSc1ncc(CNCCc2ccccc2)cn1. The minimum absolute atomic E-state index is 0.821. The zero-order valence-corrected chi connectivity index (χ0v) is 11.3. The molecule has 0 radical (unpaired) electrons. The Balaban J connectivity index is 1.72. The summed E-state index contributed by atoms with van der Waals surface area (Å²) in [6, 6.07) is 10.5. The van der Waals surface area contributed by atoms with E-state index >= 15 is 0 Å². The first-order chi connectivity index (χ1) is 8.88. The molecule has 94 valence electrons. The maximum atomic E-state index is 4.25. The fourth-order valence-corrected chi connectivity index (χ4v) is 1.97. The van der Waals surface area contributed by atoms with E-state index < -0.39 is 0 Å². The van der Waals surface area contributed by atoms with Gasteiger partial charge >= 0.3 is 0 Å². The van der Waals surface area contributed by atoms with Crippen molar-refractivity contribution in [2.24, 2.45) is 0 Å². The van der Waals surface area contributed by atoms with Crippen LogP contribution >= 0.6 is 11.8 Å². The van der Waals surface area contributed by atoms with Crippen molar-refractivity contribution in [3.63, 3.8) is 0 Å². The fourth-order valence-electron chi connectivity index (χ4n) is 1.65. The van der Waals surface area contributed by atoms with Gasteiger partial charge in [-0.2, -0.15) is 0 Å². The Hall–Kier alpha value is -1.39. The molecule has 0 fully saturated rings. The molecule has 1 N–H and O–H groups in total. The van der Waals surface area contributed by atoms with Gasteiger partial charge in [-0.05, 0) is 24.8 Å². The van der Waals surface area contributed by atoms with Crippen LogP contribution in [0.25, 0.3) is 0 Å². The number of thioether (sulfide) groups is 1. The molecule has 0 aliphatic carbocycles. The van der Waals surface area contributed by atoms with Crippen LogP contribution in [0.15, 0.2) is 47.9 Å². The highest BCUT2D eigenvalue weighted by Crippen LogP contribution is 2.06. The molecular formula is C14H17N3S. The Kier molecular flexibility index (Phi) is 5.17. The lowest BCUT2D eigenvalue weighted by Gasteiger charge is -2.05. The van der Waals surface area contributed by atoms with E-state index in [1.165, 1.54) is 5.56 Å². The van der Waals surface area contributed by atoms with Crippen LogP contribution in [0.3, 0.4) is 0 Å². The van der Waals surface area contributed by atoms with Gasteiger partial charge in [0.05, 0.1) is 0 Å². The van der Waals surface area contributed by atoms with E-state index in [4.69, 9.17) is 0 Å². The van der Waals surface area contributed by atoms with Gasteiger partial charge in [-0.25, -0.2) is 9.97 Å². The van der Waals surface area contributed by atoms with E-state index in [1.807, 2.05) is 24.7 Å². The van der Waals surface area contributed by atoms with E-state index in [-0.39, 0.29) is 0 Å². The second kappa shape index (κ2) is 7.13. The molecule has 0 amide bonds. The number of rotatable bonds is 6. The van der Waals surface area contributed by atoms with Crippen molar-refractivity contribution in [2.45, 2.75) is 18.1 Å². The summed E-state index contributed by atoms with van der Waals surface area (Å²) in [5.41, 5.74) is 2.49. The minimum Gasteiger partial charge on any atom is -0.312 e. The van der Waals surface area contributed by atoms with Gasteiger partial charge in [-0.3, -0.25) is 0 Å². The van der Waals surface area contributed by atoms with Crippen molar-refractivity contribution < 1.29 is 0 Å². The van der Waals surface area contributed by atoms with Crippen LogP contribution in [0.2, 0.25) is 0 Å². The van der Waals surface area contributed by atoms with Gasteiger partial charge in [0.15, 0.2) is 5.16 Å². The summed E-state index contributed by atoms with van der Waals surface area (Å²) in [5.74, 6) is 0. The van der Waals surface area contributed by atoms with E-state index in [9.17, 15) is 0 Å². The first-order valence-corrected chi connectivity index (χ1v) is 7.20. The maximum Gasteiger partial charge on any atom is 0.187 e. The third kappa shape index (κ3) is 4.13. The van der Waals surface area contributed by atoms with Gasteiger partial charge in [0.25, 0.3) is 0 Å². The fraction of sp³-hybridized carbons (Fsp3) is 0.286. The highest BCUT2D eigenvalue weighted by Gasteiger charge is 1.96. The van der Waals surface area contributed by atoms with E-state index in [0.29, 0.717) is 0 Å². The molecule has 3 nitrogen and oxygen atoms in total. The van der Waals surface area contributed by atoms with Crippen LogP contribution in [0.5, 0.6) is 0 Å². The summed E-state index contributed by atoms with van der Waals surface area (Å²) in [6.45, 7) is 1.79. The molecule has 0 unspecified atom stereocenters. The van der Waals surface area contributed by atoms with E-state index in [1.54, 1.807) is 11.8 Å². The molecule has 1 aromatic carbocycles. The number of benzene rings is 1. The number of aromatic nitrogens is 2. The smallest absolute Gasteiger partial charge is 0.187 e. The van der Waals surface area contributed by atoms with Gasteiger partial charge in [0, 0.05) is 24.5 Å². The summed E-state index contributed by atoms with van der Waals surface area (Å²) in [5, 5.41) is 4.22. The zero-order chi connectivity index (χ0) is 12.6. The van der Waals surface area contributed by atoms with E-state index in [2.05, 4.69) is 39.6 Å². The van der Waals surface area contributed by atoms with Crippen molar-refractivity contribution in [2.75, 3.05) is 12.8 Å². The molecule has 1 heterocycles. The van der Waals surface area contributed by atoms with Gasteiger partial charge in [0.1, 0.15) is 0 Å². The Morgan fingerprint density at radius 1 is 1.06 bits per heavy atom. The van der Waals surface area contributed by atoms with Crippen molar-refractivity contribution in [1.29, 1.82) is 0 Å². The Morgan fingerprint density at radius 2 is 1.78 bits per heavy atom. The quantitative estimate of drug-likeness (QED) is 0.491. The molecule has 0 saturated carbocycles. The maximum absolute atomic E-state index is 4.25. The third-order valence-electron chi connectivity index (χ3n) is 2.63. The average Bonchev–Trinajstić information content (AvgIpc) is 2.45. The molecule has 2 rings (SSSR count). The summed E-state index contributed by atoms with van der Waals surface area (Å²) < 4.78 is 0. The van der Waals surface area contributed by atoms with Crippen molar-refractivity contribution in [3.05, 3.63) is 53.9 Å². The molecular weight excluding hydrogens is 242 g/mol. The second-order valence-corrected chi connectivity index (χ2v) is 4.76. The van der Waals surface area contributed by atoms with Crippen LogP contribution in [0, 0.1) is 0 Å². The molecule has 0 spiro atoms. The molecule has 0 aliphatic rings. The highest BCUT2D eigenvalue weighted by molar-refractivity contribution is 7.98. The molecule has 0 bridgehead atoms. The summed E-state index contributed by atoms with van der Waals surface area (Å²) in [6.07, 6.45) is 6.79. The predicted octanol–water partition coefficient (Wildman–Crippen LogP) is 2.53. The lowest BCUT2D eigenvalue weighted by atomic mass is 10.1. The van der Waals surface area contributed by atoms with Crippen LogP contribution in [0.4, 0.5) is 0 Å². The highest BCUT2D eigenvalue weighted by atomic mass is 32.2. The Bertz CT molecular complexity index is 456. The molecule has 0 saturated heterocycles.